The van der Waals surface area contributed by atoms with Crippen LogP contribution in [0, 0.1) is 0 Å². The average Bonchev–Trinajstić information content (AvgIpc) is 2.14. The van der Waals surface area contributed by atoms with E-state index in [0.717, 1.165) is 4.90 Å². The fourth-order valence-electron chi connectivity index (χ4n) is 1.45. The summed E-state index contributed by atoms with van der Waals surface area (Å²) in [6.45, 7) is 1.21. The van der Waals surface area contributed by atoms with Crippen molar-refractivity contribution in [3.05, 3.63) is 0 Å². The second kappa shape index (κ2) is 5.49. The third-order valence-electron chi connectivity index (χ3n) is 2.45. The number of hydrogen-bond acceptors (Lipinski definition) is 3. The van der Waals surface area contributed by atoms with Gasteiger partial charge in [0.25, 0.3) is 0 Å². The maximum absolute atomic E-state index is 12.1. The molecule has 1 atom stereocenters. The summed E-state index contributed by atoms with van der Waals surface area (Å²) >= 11 is 0. The molecule has 1 saturated heterocycles. The highest BCUT2D eigenvalue weighted by Gasteiger charge is 2.47. The Morgan fingerprint density at radius 1 is 1.50 bits per heavy atom. The van der Waals surface area contributed by atoms with Crippen LogP contribution in [0.2, 0.25) is 0 Å². The van der Waals surface area contributed by atoms with Gasteiger partial charge in [-0.25, -0.2) is 0 Å². The summed E-state index contributed by atoms with van der Waals surface area (Å²) in [4.78, 5) is 11.7. The SMILES string of the molecule is NCCCOCC1CCN1C(=O)C(F)(F)F. The summed E-state index contributed by atoms with van der Waals surface area (Å²) in [5, 5.41) is 0. The summed E-state index contributed by atoms with van der Waals surface area (Å²) in [7, 11) is 0. The van der Waals surface area contributed by atoms with Crippen LogP contribution in [0.3, 0.4) is 0 Å². The van der Waals surface area contributed by atoms with Gasteiger partial charge >= 0.3 is 12.1 Å². The van der Waals surface area contributed by atoms with Gasteiger partial charge < -0.3 is 15.4 Å². The van der Waals surface area contributed by atoms with Crippen LogP contribution in [0.15, 0.2) is 0 Å². The lowest BCUT2D eigenvalue weighted by atomic mass is 10.0. The molecular weight excluding hydrogens is 225 g/mol. The van der Waals surface area contributed by atoms with Crippen molar-refractivity contribution >= 4 is 5.91 Å². The molecule has 0 aromatic heterocycles. The lowest BCUT2D eigenvalue weighted by molar-refractivity contribution is -0.194. The maximum atomic E-state index is 12.1. The number of carbonyl (C=O) groups is 1. The van der Waals surface area contributed by atoms with Gasteiger partial charge in [-0.2, -0.15) is 13.2 Å². The van der Waals surface area contributed by atoms with E-state index >= 15 is 0 Å². The van der Waals surface area contributed by atoms with Crippen molar-refractivity contribution in [1.29, 1.82) is 0 Å². The van der Waals surface area contributed by atoms with E-state index in [0.29, 0.717) is 26.0 Å². The summed E-state index contributed by atoms with van der Waals surface area (Å²) in [5.74, 6) is -1.77. The van der Waals surface area contributed by atoms with Crippen molar-refractivity contribution in [2.45, 2.75) is 25.1 Å². The van der Waals surface area contributed by atoms with Crippen LogP contribution in [-0.4, -0.2) is 49.3 Å². The van der Waals surface area contributed by atoms with Crippen LogP contribution >= 0.6 is 0 Å². The Kier molecular flexibility index (Phi) is 4.55. The van der Waals surface area contributed by atoms with E-state index in [9.17, 15) is 18.0 Å². The molecule has 4 nitrogen and oxygen atoms in total. The van der Waals surface area contributed by atoms with Gasteiger partial charge in [0, 0.05) is 13.2 Å². The van der Waals surface area contributed by atoms with Gasteiger partial charge in [-0.3, -0.25) is 4.79 Å². The zero-order valence-corrected chi connectivity index (χ0v) is 8.79. The Bertz CT molecular complexity index is 245. The quantitative estimate of drug-likeness (QED) is 0.712. The van der Waals surface area contributed by atoms with Crippen LogP contribution in [0.4, 0.5) is 13.2 Å². The molecule has 94 valence electrons. The highest BCUT2D eigenvalue weighted by Crippen LogP contribution is 2.26. The van der Waals surface area contributed by atoms with Gasteiger partial charge in [0.2, 0.25) is 0 Å². The van der Waals surface area contributed by atoms with E-state index in [2.05, 4.69) is 0 Å². The van der Waals surface area contributed by atoms with Gasteiger partial charge in [0.05, 0.1) is 12.6 Å². The number of amides is 1. The minimum absolute atomic E-state index is 0.155. The minimum atomic E-state index is -4.78. The first-order valence-corrected chi connectivity index (χ1v) is 5.12. The number of halogens is 3. The smallest absolute Gasteiger partial charge is 0.379 e. The lowest BCUT2D eigenvalue weighted by Crippen LogP contribution is -2.57. The monoisotopic (exact) mass is 240 g/mol. The average molecular weight is 240 g/mol. The van der Waals surface area contributed by atoms with E-state index in [1.165, 1.54) is 0 Å². The second-order valence-electron chi connectivity index (χ2n) is 3.66. The minimum Gasteiger partial charge on any atom is -0.379 e. The van der Waals surface area contributed by atoms with Crippen molar-refractivity contribution in [3.63, 3.8) is 0 Å². The largest absolute Gasteiger partial charge is 0.471 e. The Morgan fingerprint density at radius 2 is 2.19 bits per heavy atom. The fraction of sp³-hybridized carbons (Fsp3) is 0.889. The molecule has 0 aromatic carbocycles. The van der Waals surface area contributed by atoms with E-state index in [1.54, 1.807) is 0 Å². The van der Waals surface area contributed by atoms with E-state index in [1.807, 2.05) is 0 Å². The molecule has 0 spiro atoms. The summed E-state index contributed by atoms with van der Waals surface area (Å²) < 4.78 is 41.4. The predicted molar refractivity (Wildman–Crippen MR) is 50.7 cm³/mol. The summed E-state index contributed by atoms with van der Waals surface area (Å²) in [6.07, 6.45) is -3.56. The molecular formula is C9H15F3N2O2. The normalized spacial score (nSPS) is 20.8. The first-order chi connectivity index (χ1) is 7.46. The Morgan fingerprint density at radius 3 is 2.62 bits per heavy atom. The van der Waals surface area contributed by atoms with Crippen molar-refractivity contribution < 1.29 is 22.7 Å². The molecule has 1 aliphatic heterocycles. The molecule has 1 heterocycles. The molecule has 7 heteroatoms. The fourth-order valence-corrected chi connectivity index (χ4v) is 1.45. The third-order valence-corrected chi connectivity index (χ3v) is 2.45. The number of alkyl halides is 3. The van der Waals surface area contributed by atoms with Gasteiger partial charge in [-0.05, 0) is 19.4 Å². The Labute approximate surface area is 91.5 Å². The summed E-state index contributed by atoms with van der Waals surface area (Å²) in [5.41, 5.74) is 5.23. The van der Waals surface area contributed by atoms with Crippen LogP contribution in [0.5, 0.6) is 0 Å². The molecule has 2 N–H and O–H groups in total. The second-order valence-corrected chi connectivity index (χ2v) is 3.66. The standard InChI is InChI=1S/C9H15F3N2O2/c10-9(11,12)8(15)14-4-2-7(14)6-16-5-1-3-13/h7H,1-6,13H2. The van der Waals surface area contributed by atoms with Crippen molar-refractivity contribution in [2.24, 2.45) is 5.73 Å². The number of ether oxygens (including phenoxy) is 1. The molecule has 0 aromatic rings. The first-order valence-electron chi connectivity index (χ1n) is 5.12. The molecule has 16 heavy (non-hydrogen) atoms. The molecule has 1 fully saturated rings. The number of hydrogen-bond donors (Lipinski definition) is 1. The molecule has 0 radical (unpaired) electrons. The van der Waals surface area contributed by atoms with Crippen LogP contribution in [-0.2, 0) is 9.53 Å². The van der Waals surface area contributed by atoms with Gasteiger partial charge in [0.15, 0.2) is 0 Å². The van der Waals surface area contributed by atoms with Gasteiger partial charge in [-0.15, -0.1) is 0 Å². The Hall–Kier alpha value is -0.820. The number of carbonyl (C=O) groups excluding carboxylic acids is 1. The van der Waals surface area contributed by atoms with Crippen molar-refractivity contribution in [2.75, 3.05) is 26.3 Å². The number of likely N-dealkylation sites (tertiary alicyclic amines) is 1. The van der Waals surface area contributed by atoms with E-state index in [-0.39, 0.29) is 13.2 Å². The lowest BCUT2D eigenvalue weighted by Gasteiger charge is -2.40. The topological polar surface area (TPSA) is 55.6 Å². The molecule has 0 saturated carbocycles. The van der Waals surface area contributed by atoms with E-state index < -0.39 is 18.1 Å². The van der Waals surface area contributed by atoms with Crippen molar-refractivity contribution in [1.82, 2.24) is 4.90 Å². The van der Waals surface area contributed by atoms with Crippen molar-refractivity contribution in [3.8, 4) is 0 Å². The maximum Gasteiger partial charge on any atom is 0.471 e. The van der Waals surface area contributed by atoms with Gasteiger partial charge in [0.1, 0.15) is 0 Å². The highest BCUT2D eigenvalue weighted by molar-refractivity contribution is 5.82. The zero-order valence-electron chi connectivity index (χ0n) is 8.79. The molecule has 0 aliphatic carbocycles. The van der Waals surface area contributed by atoms with Gasteiger partial charge in [-0.1, -0.05) is 0 Å². The molecule has 1 unspecified atom stereocenters. The third kappa shape index (κ3) is 3.34. The molecule has 1 amide bonds. The highest BCUT2D eigenvalue weighted by atomic mass is 19.4. The number of rotatable bonds is 5. The predicted octanol–water partition coefficient (Wildman–Crippen LogP) is 0.515. The van der Waals surface area contributed by atoms with Crippen LogP contribution < -0.4 is 5.73 Å². The zero-order chi connectivity index (χ0) is 12.2. The Balaban J connectivity index is 2.27. The van der Waals surface area contributed by atoms with Crippen LogP contribution in [0.1, 0.15) is 12.8 Å². The molecule has 1 aliphatic rings. The molecule has 0 bridgehead atoms. The van der Waals surface area contributed by atoms with Crippen LogP contribution in [0.25, 0.3) is 0 Å². The molecule has 1 rings (SSSR count). The number of nitrogens with two attached hydrogens (primary N) is 1. The van der Waals surface area contributed by atoms with E-state index in [4.69, 9.17) is 10.5 Å². The number of nitrogens with zero attached hydrogens (tertiary/aromatic N) is 1. The summed E-state index contributed by atoms with van der Waals surface area (Å²) in [6, 6.07) is -0.438. The first kappa shape index (κ1) is 13.2.